The van der Waals surface area contributed by atoms with E-state index in [0.29, 0.717) is 11.0 Å². The van der Waals surface area contributed by atoms with E-state index in [1.807, 2.05) is 6.20 Å². The topological polar surface area (TPSA) is 114 Å². The van der Waals surface area contributed by atoms with Crippen molar-refractivity contribution in [2.24, 2.45) is 11.7 Å². The van der Waals surface area contributed by atoms with Crippen molar-refractivity contribution in [1.29, 1.82) is 0 Å². The van der Waals surface area contributed by atoms with Crippen molar-refractivity contribution >= 4 is 28.3 Å². The van der Waals surface area contributed by atoms with Gasteiger partial charge in [-0.1, -0.05) is 0 Å². The zero-order valence-corrected chi connectivity index (χ0v) is 14.8. The zero-order valence-electron chi connectivity index (χ0n) is 13.9. The molecule has 0 radical (unpaired) electrons. The molecule has 1 atom stereocenters. The monoisotopic (exact) mass is 360 g/mol. The van der Waals surface area contributed by atoms with Crippen molar-refractivity contribution < 1.29 is 9.59 Å². The minimum Gasteiger partial charge on any atom is -0.364 e. The fraction of sp³-hybridized carbons (Fsp3) is 0.438. The van der Waals surface area contributed by atoms with Crippen LogP contribution in [0.1, 0.15) is 34.4 Å². The van der Waals surface area contributed by atoms with Crippen molar-refractivity contribution in [3.63, 3.8) is 0 Å². The van der Waals surface area contributed by atoms with Crippen LogP contribution in [0.3, 0.4) is 0 Å². The van der Waals surface area contributed by atoms with Gasteiger partial charge >= 0.3 is 0 Å². The normalized spacial score (nSPS) is 17.6. The SMILES string of the molecule is CC(=O)Nc1ncc(CN2CCC(Cc3cnc(C(N)=O)cn3)C2)s1. The molecular weight excluding hydrogens is 340 g/mol. The van der Waals surface area contributed by atoms with Gasteiger partial charge in [-0.3, -0.25) is 19.5 Å². The Kier molecular flexibility index (Phi) is 5.34. The number of anilines is 1. The number of nitrogens with one attached hydrogen (secondary N) is 1. The smallest absolute Gasteiger partial charge is 0.268 e. The number of hydrogen-bond donors (Lipinski definition) is 2. The molecule has 0 saturated carbocycles. The van der Waals surface area contributed by atoms with Crippen LogP contribution in [0.2, 0.25) is 0 Å². The van der Waals surface area contributed by atoms with E-state index in [4.69, 9.17) is 5.73 Å². The number of carbonyl (C=O) groups is 2. The van der Waals surface area contributed by atoms with Gasteiger partial charge in [0.15, 0.2) is 5.13 Å². The van der Waals surface area contributed by atoms with E-state index < -0.39 is 5.91 Å². The number of nitrogens with two attached hydrogens (primary N) is 1. The molecule has 0 bridgehead atoms. The second kappa shape index (κ2) is 7.66. The molecule has 132 valence electrons. The molecule has 1 unspecified atom stereocenters. The first kappa shape index (κ1) is 17.4. The number of thiazole rings is 1. The first-order valence-corrected chi connectivity index (χ1v) is 8.86. The van der Waals surface area contributed by atoms with Gasteiger partial charge in [0.2, 0.25) is 5.91 Å². The number of amides is 2. The Bertz CT molecular complexity index is 760. The maximum Gasteiger partial charge on any atom is 0.268 e. The van der Waals surface area contributed by atoms with E-state index in [2.05, 4.69) is 25.2 Å². The van der Waals surface area contributed by atoms with Crippen LogP contribution in [0.25, 0.3) is 0 Å². The van der Waals surface area contributed by atoms with Crippen LogP contribution >= 0.6 is 11.3 Å². The molecule has 0 aliphatic carbocycles. The summed E-state index contributed by atoms with van der Waals surface area (Å²) in [4.78, 5) is 38.1. The molecule has 2 aromatic rings. The van der Waals surface area contributed by atoms with Gasteiger partial charge in [0.25, 0.3) is 5.91 Å². The molecule has 8 nitrogen and oxygen atoms in total. The van der Waals surface area contributed by atoms with Crippen molar-refractivity contribution in [1.82, 2.24) is 19.9 Å². The summed E-state index contributed by atoms with van der Waals surface area (Å²) in [6.07, 6.45) is 6.81. The maximum absolute atomic E-state index is 11.1. The molecule has 1 aliphatic rings. The van der Waals surface area contributed by atoms with E-state index in [-0.39, 0.29) is 11.6 Å². The van der Waals surface area contributed by atoms with Gasteiger partial charge in [-0.05, 0) is 25.3 Å². The van der Waals surface area contributed by atoms with E-state index in [1.54, 1.807) is 6.20 Å². The minimum absolute atomic E-state index is 0.106. The molecular formula is C16H20N6O2S. The summed E-state index contributed by atoms with van der Waals surface area (Å²) in [5.74, 6) is -0.156. The molecule has 1 saturated heterocycles. The van der Waals surface area contributed by atoms with Gasteiger partial charge < -0.3 is 11.1 Å². The van der Waals surface area contributed by atoms with Crippen LogP contribution in [0, 0.1) is 5.92 Å². The molecule has 0 aromatic carbocycles. The molecule has 9 heteroatoms. The summed E-state index contributed by atoms with van der Waals surface area (Å²) >= 11 is 1.51. The standard InChI is InChI=1S/C16H20N6O2S/c1-10(23)21-16-20-6-13(25-16)9-22-3-2-11(8-22)4-12-5-19-14(7-18-12)15(17)24/h5-7,11H,2-4,8-9H2,1H3,(H2,17,24)(H,20,21,23). The summed E-state index contributed by atoms with van der Waals surface area (Å²) in [6.45, 7) is 4.31. The summed E-state index contributed by atoms with van der Waals surface area (Å²) in [6, 6.07) is 0. The number of likely N-dealkylation sites (tertiary alicyclic amines) is 1. The van der Waals surface area contributed by atoms with Crippen LogP contribution in [0.4, 0.5) is 5.13 Å². The average Bonchev–Trinajstić information content (AvgIpc) is 3.17. The van der Waals surface area contributed by atoms with Crippen molar-refractivity contribution in [2.45, 2.75) is 26.3 Å². The van der Waals surface area contributed by atoms with Gasteiger partial charge in [-0.25, -0.2) is 9.97 Å². The van der Waals surface area contributed by atoms with Gasteiger partial charge in [0, 0.05) is 37.3 Å². The third-order valence-electron chi connectivity index (χ3n) is 4.04. The highest BCUT2D eigenvalue weighted by Gasteiger charge is 2.24. The lowest BCUT2D eigenvalue weighted by atomic mass is 10.0. The predicted octanol–water partition coefficient (Wildman–Crippen LogP) is 1.06. The number of carbonyl (C=O) groups excluding carboxylic acids is 2. The van der Waals surface area contributed by atoms with Crippen molar-refractivity contribution in [3.8, 4) is 0 Å². The highest BCUT2D eigenvalue weighted by atomic mass is 32.1. The molecule has 0 spiro atoms. The van der Waals surface area contributed by atoms with Gasteiger partial charge in [-0.15, -0.1) is 11.3 Å². The van der Waals surface area contributed by atoms with Gasteiger partial charge in [0.1, 0.15) is 5.69 Å². The molecule has 3 heterocycles. The highest BCUT2D eigenvalue weighted by molar-refractivity contribution is 7.15. The average molecular weight is 360 g/mol. The number of hydrogen-bond acceptors (Lipinski definition) is 7. The fourth-order valence-corrected chi connectivity index (χ4v) is 3.82. The Morgan fingerprint density at radius 3 is 2.84 bits per heavy atom. The van der Waals surface area contributed by atoms with Gasteiger partial charge in [-0.2, -0.15) is 0 Å². The highest BCUT2D eigenvalue weighted by Crippen LogP contribution is 2.25. The van der Waals surface area contributed by atoms with Crippen LogP contribution in [-0.2, 0) is 17.8 Å². The van der Waals surface area contributed by atoms with E-state index >= 15 is 0 Å². The number of nitrogens with zero attached hydrogens (tertiary/aromatic N) is 4. The largest absolute Gasteiger partial charge is 0.364 e. The Hall–Kier alpha value is -2.39. The molecule has 25 heavy (non-hydrogen) atoms. The quantitative estimate of drug-likeness (QED) is 0.796. The molecule has 1 fully saturated rings. The predicted molar refractivity (Wildman–Crippen MR) is 94.1 cm³/mol. The van der Waals surface area contributed by atoms with Gasteiger partial charge in [0.05, 0.1) is 11.9 Å². The molecule has 2 aromatic heterocycles. The number of primary amides is 1. The third kappa shape index (κ3) is 4.80. The van der Waals surface area contributed by atoms with E-state index in [0.717, 1.165) is 43.0 Å². The van der Waals surface area contributed by atoms with Crippen LogP contribution in [0.5, 0.6) is 0 Å². The van der Waals surface area contributed by atoms with Crippen LogP contribution < -0.4 is 11.1 Å². The first-order valence-electron chi connectivity index (χ1n) is 8.05. The summed E-state index contributed by atoms with van der Waals surface area (Å²) in [7, 11) is 0. The van der Waals surface area contributed by atoms with Crippen molar-refractivity contribution in [2.75, 3.05) is 18.4 Å². The summed E-state index contributed by atoms with van der Waals surface area (Å²) in [5, 5.41) is 3.35. The Morgan fingerprint density at radius 1 is 1.32 bits per heavy atom. The minimum atomic E-state index is -0.561. The maximum atomic E-state index is 11.1. The van der Waals surface area contributed by atoms with E-state index in [1.165, 1.54) is 24.5 Å². The molecule has 3 N–H and O–H groups in total. The lowest BCUT2D eigenvalue weighted by Crippen LogP contribution is -2.20. The summed E-state index contributed by atoms with van der Waals surface area (Å²) < 4.78 is 0. The Morgan fingerprint density at radius 2 is 2.16 bits per heavy atom. The lowest BCUT2D eigenvalue weighted by Gasteiger charge is -2.14. The zero-order chi connectivity index (χ0) is 17.8. The van der Waals surface area contributed by atoms with Crippen LogP contribution in [0.15, 0.2) is 18.6 Å². The lowest BCUT2D eigenvalue weighted by molar-refractivity contribution is -0.114. The Balaban J connectivity index is 1.50. The van der Waals surface area contributed by atoms with Crippen molar-refractivity contribution in [3.05, 3.63) is 34.9 Å². The Labute approximate surface area is 149 Å². The third-order valence-corrected chi connectivity index (χ3v) is 4.94. The van der Waals surface area contributed by atoms with Crippen LogP contribution in [-0.4, -0.2) is 44.8 Å². The fourth-order valence-electron chi connectivity index (χ4n) is 2.92. The molecule has 2 amide bonds. The number of aromatic nitrogens is 3. The summed E-state index contributed by atoms with van der Waals surface area (Å²) in [5.41, 5.74) is 6.24. The molecule has 1 aliphatic heterocycles. The number of rotatable bonds is 6. The second-order valence-electron chi connectivity index (χ2n) is 6.16. The molecule has 3 rings (SSSR count). The first-order chi connectivity index (χ1) is 12.0. The second-order valence-corrected chi connectivity index (χ2v) is 7.28. The van der Waals surface area contributed by atoms with E-state index in [9.17, 15) is 9.59 Å².